The van der Waals surface area contributed by atoms with Crippen LogP contribution >= 0.6 is 0 Å². The lowest BCUT2D eigenvalue weighted by molar-refractivity contribution is -0.137. The van der Waals surface area contributed by atoms with Crippen LogP contribution in [0.25, 0.3) is 11.0 Å². The molecule has 0 aliphatic heterocycles. The van der Waals surface area contributed by atoms with Crippen molar-refractivity contribution in [3.05, 3.63) is 70.8 Å². The molecule has 0 fully saturated rings. The number of fused-ring (bicyclic) bond motifs is 1. The molecule has 3 rings (SSSR count). The summed E-state index contributed by atoms with van der Waals surface area (Å²) in [5, 5.41) is 8.80. The number of primary amides is 1. The zero-order valence-corrected chi connectivity index (χ0v) is 15.2. The second kappa shape index (κ2) is 8.56. The predicted octanol–water partition coefficient (Wildman–Crippen LogP) is 3.26. The van der Waals surface area contributed by atoms with Crippen LogP contribution in [0.4, 0.5) is 4.39 Å². The Bertz CT molecular complexity index is 1020. The molecule has 0 bridgehead atoms. The van der Waals surface area contributed by atoms with E-state index in [2.05, 4.69) is 9.97 Å². The maximum atomic E-state index is 13.2. The highest BCUT2D eigenvalue weighted by molar-refractivity contribution is 5.96. The predicted molar refractivity (Wildman–Crippen MR) is 102 cm³/mol. The lowest BCUT2D eigenvalue weighted by Crippen LogP contribution is -2.11. The third-order valence-corrected chi connectivity index (χ3v) is 4.44. The zero-order chi connectivity index (χ0) is 20.1. The van der Waals surface area contributed by atoms with Gasteiger partial charge in [0.05, 0.1) is 22.4 Å². The van der Waals surface area contributed by atoms with E-state index in [1.165, 1.54) is 12.1 Å². The molecule has 0 unspecified atom stereocenters. The van der Waals surface area contributed by atoms with Crippen LogP contribution < -0.4 is 5.73 Å². The Kier molecular flexibility index (Phi) is 5.93. The first-order chi connectivity index (χ1) is 13.4. The minimum Gasteiger partial charge on any atom is -0.481 e. The molecule has 3 aromatic rings. The van der Waals surface area contributed by atoms with Gasteiger partial charge >= 0.3 is 5.97 Å². The van der Waals surface area contributed by atoms with E-state index in [-0.39, 0.29) is 12.2 Å². The average molecular weight is 381 g/mol. The summed E-state index contributed by atoms with van der Waals surface area (Å²) < 4.78 is 13.2. The number of carboxylic acid groups (broad SMARTS) is 1. The number of carboxylic acids is 1. The number of unbranched alkanes of at least 4 members (excludes halogenated alkanes) is 1. The van der Waals surface area contributed by atoms with Crippen LogP contribution in [-0.4, -0.2) is 27.0 Å². The highest BCUT2D eigenvalue weighted by atomic mass is 19.1. The van der Waals surface area contributed by atoms with Crippen LogP contribution in [-0.2, 0) is 17.6 Å². The molecule has 0 aliphatic rings. The van der Waals surface area contributed by atoms with E-state index in [4.69, 9.17) is 10.8 Å². The number of hydrogen-bond donors (Lipinski definition) is 2. The number of aliphatic carboxylic acids is 1. The van der Waals surface area contributed by atoms with Gasteiger partial charge in [-0.3, -0.25) is 9.59 Å². The maximum Gasteiger partial charge on any atom is 0.303 e. The van der Waals surface area contributed by atoms with Gasteiger partial charge in [0, 0.05) is 18.4 Å². The highest BCUT2D eigenvalue weighted by Crippen LogP contribution is 2.20. The highest BCUT2D eigenvalue weighted by Gasteiger charge is 2.12. The summed E-state index contributed by atoms with van der Waals surface area (Å²) in [5.41, 5.74) is 9.28. The van der Waals surface area contributed by atoms with Crippen molar-refractivity contribution in [1.82, 2.24) is 9.97 Å². The van der Waals surface area contributed by atoms with Crippen molar-refractivity contribution >= 4 is 22.9 Å². The number of benzene rings is 2. The molecule has 1 amide bonds. The maximum absolute atomic E-state index is 13.2. The summed E-state index contributed by atoms with van der Waals surface area (Å²) in [6, 6.07) is 11.1. The average Bonchev–Trinajstić information content (AvgIpc) is 2.66. The SMILES string of the molecule is NC(=O)c1ccc2nc(Cc3ccc(F)cc3)c(CCCCC(=O)O)nc2c1. The van der Waals surface area contributed by atoms with Crippen LogP contribution in [0.15, 0.2) is 42.5 Å². The summed E-state index contributed by atoms with van der Waals surface area (Å²) in [5.74, 6) is -1.68. The van der Waals surface area contributed by atoms with Crippen LogP contribution in [0, 0.1) is 5.82 Å². The minimum atomic E-state index is -0.831. The largest absolute Gasteiger partial charge is 0.481 e. The van der Waals surface area contributed by atoms with Gasteiger partial charge in [-0.2, -0.15) is 0 Å². The van der Waals surface area contributed by atoms with Gasteiger partial charge in [-0.25, -0.2) is 14.4 Å². The van der Waals surface area contributed by atoms with E-state index >= 15 is 0 Å². The van der Waals surface area contributed by atoms with Gasteiger partial charge in [0.1, 0.15) is 5.82 Å². The molecule has 0 aliphatic carbocycles. The number of amides is 1. The number of nitrogens with zero attached hydrogens (tertiary/aromatic N) is 2. The number of halogens is 1. The van der Waals surface area contributed by atoms with E-state index in [0.717, 1.165) is 17.0 Å². The topological polar surface area (TPSA) is 106 Å². The standard InChI is InChI=1S/C21H20FN3O3/c22-15-8-5-13(6-9-15)11-18-16(3-1-2-4-20(26)27)24-19-12-14(21(23)28)7-10-17(19)25-18/h5-10,12H,1-4,11H2,(H2,23,28)(H,26,27). The van der Waals surface area contributed by atoms with Crippen molar-refractivity contribution < 1.29 is 19.1 Å². The molecule has 1 heterocycles. The third-order valence-electron chi connectivity index (χ3n) is 4.44. The Labute approximate surface area is 161 Å². The van der Waals surface area contributed by atoms with Crippen LogP contribution in [0.1, 0.15) is 46.6 Å². The molecule has 0 radical (unpaired) electrons. The lowest BCUT2D eigenvalue weighted by Gasteiger charge is -2.11. The van der Waals surface area contributed by atoms with E-state index in [9.17, 15) is 14.0 Å². The summed E-state index contributed by atoms with van der Waals surface area (Å²) in [7, 11) is 0. The Morgan fingerprint density at radius 1 is 0.964 bits per heavy atom. The molecule has 3 N–H and O–H groups in total. The molecule has 0 spiro atoms. The summed E-state index contributed by atoms with van der Waals surface area (Å²) in [6.07, 6.45) is 2.33. The van der Waals surface area contributed by atoms with Crippen molar-refractivity contribution in [2.45, 2.75) is 32.1 Å². The monoisotopic (exact) mass is 381 g/mol. The van der Waals surface area contributed by atoms with Gasteiger partial charge in [0.15, 0.2) is 0 Å². The molecule has 2 aromatic carbocycles. The third kappa shape index (κ3) is 4.88. The molecule has 144 valence electrons. The number of nitrogens with two attached hydrogens (primary N) is 1. The molecule has 7 heteroatoms. The first-order valence-electron chi connectivity index (χ1n) is 8.98. The number of carbonyl (C=O) groups is 2. The van der Waals surface area contributed by atoms with Gasteiger partial charge in [0.2, 0.25) is 5.91 Å². The van der Waals surface area contributed by atoms with E-state index in [0.29, 0.717) is 42.3 Å². The molecular formula is C21H20FN3O3. The van der Waals surface area contributed by atoms with Gasteiger partial charge in [0.25, 0.3) is 0 Å². The second-order valence-electron chi connectivity index (χ2n) is 6.59. The minimum absolute atomic E-state index is 0.0974. The number of hydrogen-bond acceptors (Lipinski definition) is 4. The molecule has 6 nitrogen and oxygen atoms in total. The van der Waals surface area contributed by atoms with Gasteiger partial charge in [-0.1, -0.05) is 12.1 Å². The van der Waals surface area contributed by atoms with Crippen molar-refractivity contribution in [3.63, 3.8) is 0 Å². The smallest absolute Gasteiger partial charge is 0.303 e. The van der Waals surface area contributed by atoms with E-state index < -0.39 is 11.9 Å². The van der Waals surface area contributed by atoms with Crippen LogP contribution in [0.5, 0.6) is 0 Å². The number of rotatable bonds is 8. The van der Waals surface area contributed by atoms with Crippen molar-refractivity contribution in [2.75, 3.05) is 0 Å². The van der Waals surface area contributed by atoms with Gasteiger partial charge < -0.3 is 10.8 Å². The van der Waals surface area contributed by atoms with Gasteiger partial charge in [-0.15, -0.1) is 0 Å². The fourth-order valence-electron chi connectivity index (χ4n) is 2.99. The van der Waals surface area contributed by atoms with E-state index in [1.54, 1.807) is 30.3 Å². The fraction of sp³-hybridized carbons (Fsp3) is 0.238. The molecule has 0 saturated carbocycles. The van der Waals surface area contributed by atoms with Crippen LogP contribution in [0.3, 0.4) is 0 Å². The Morgan fingerprint density at radius 2 is 1.68 bits per heavy atom. The molecule has 28 heavy (non-hydrogen) atoms. The fourth-order valence-corrected chi connectivity index (χ4v) is 2.99. The molecule has 0 atom stereocenters. The quantitative estimate of drug-likeness (QED) is 0.583. The molecular weight excluding hydrogens is 361 g/mol. The summed E-state index contributed by atoms with van der Waals surface area (Å²) >= 11 is 0. The molecule has 0 saturated heterocycles. The number of aryl methyl sites for hydroxylation is 1. The van der Waals surface area contributed by atoms with Crippen molar-refractivity contribution in [1.29, 1.82) is 0 Å². The van der Waals surface area contributed by atoms with Gasteiger partial charge in [-0.05, 0) is 55.2 Å². The Balaban J connectivity index is 1.93. The number of carbonyl (C=O) groups excluding carboxylic acids is 1. The first-order valence-corrected chi connectivity index (χ1v) is 8.98. The van der Waals surface area contributed by atoms with Crippen LogP contribution in [0.2, 0.25) is 0 Å². The number of aromatic nitrogens is 2. The van der Waals surface area contributed by atoms with Crippen molar-refractivity contribution in [2.24, 2.45) is 5.73 Å². The summed E-state index contributed by atoms with van der Waals surface area (Å²) in [4.78, 5) is 31.5. The lowest BCUT2D eigenvalue weighted by atomic mass is 10.0. The summed E-state index contributed by atoms with van der Waals surface area (Å²) in [6.45, 7) is 0. The van der Waals surface area contributed by atoms with E-state index in [1.807, 2.05) is 0 Å². The second-order valence-corrected chi connectivity index (χ2v) is 6.59. The zero-order valence-electron chi connectivity index (χ0n) is 15.2. The van der Waals surface area contributed by atoms with Crippen molar-refractivity contribution in [3.8, 4) is 0 Å². The Hall–Kier alpha value is -3.35. The normalized spacial score (nSPS) is 10.9. The molecule has 1 aromatic heterocycles. The first kappa shape index (κ1) is 19.4. The Morgan fingerprint density at radius 3 is 2.36 bits per heavy atom.